The molecule has 4 aromatic rings. The zero-order valence-electron chi connectivity index (χ0n) is 17.2. The van der Waals surface area contributed by atoms with Crippen LogP contribution in [-0.4, -0.2) is 27.9 Å². The lowest BCUT2D eigenvalue weighted by Crippen LogP contribution is -2.28. The Hall–Kier alpha value is -3.87. The Morgan fingerprint density at radius 3 is 2.84 bits per heavy atom. The van der Waals surface area contributed by atoms with Crippen molar-refractivity contribution in [3.8, 4) is 0 Å². The zero-order valence-corrected chi connectivity index (χ0v) is 17.2. The minimum atomic E-state index is -0.109. The quantitative estimate of drug-likeness (QED) is 0.535. The summed E-state index contributed by atoms with van der Waals surface area (Å²) in [6.07, 6.45) is 4.45. The number of amides is 2. The van der Waals surface area contributed by atoms with Crippen molar-refractivity contribution in [2.45, 2.75) is 26.3 Å². The number of imidazole rings is 1. The smallest absolute Gasteiger partial charge is 0.261 e. The third-order valence-electron chi connectivity index (χ3n) is 5.62. The molecule has 31 heavy (non-hydrogen) atoms. The van der Waals surface area contributed by atoms with Crippen LogP contribution in [0.25, 0.3) is 11.0 Å². The van der Waals surface area contributed by atoms with Gasteiger partial charge in [0, 0.05) is 24.3 Å². The second kappa shape index (κ2) is 7.75. The van der Waals surface area contributed by atoms with Gasteiger partial charge in [0.2, 0.25) is 5.91 Å². The van der Waals surface area contributed by atoms with Gasteiger partial charge >= 0.3 is 0 Å². The second-order valence-electron chi connectivity index (χ2n) is 7.57. The van der Waals surface area contributed by atoms with E-state index in [0.29, 0.717) is 12.1 Å². The molecular weight excluding hydrogens is 392 g/mol. The summed E-state index contributed by atoms with van der Waals surface area (Å²) >= 11 is 0. The fourth-order valence-corrected chi connectivity index (χ4v) is 4.15. The van der Waals surface area contributed by atoms with Gasteiger partial charge in [0.25, 0.3) is 5.91 Å². The number of hydrogen-bond acceptors (Lipinski definition) is 4. The Kier molecular flexibility index (Phi) is 4.78. The van der Waals surface area contributed by atoms with Gasteiger partial charge in [-0.15, -0.1) is 0 Å². The second-order valence-corrected chi connectivity index (χ2v) is 7.57. The van der Waals surface area contributed by atoms with Crippen molar-refractivity contribution in [1.29, 1.82) is 0 Å². The average molecular weight is 414 g/mol. The maximum Gasteiger partial charge on any atom is 0.261 e. The maximum absolute atomic E-state index is 12.8. The Morgan fingerprint density at radius 1 is 1.16 bits per heavy atom. The number of rotatable bonds is 5. The van der Waals surface area contributed by atoms with Gasteiger partial charge in [-0.05, 0) is 48.4 Å². The van der Waals surface area contributed by atoms with Crippen LogP contribution in [0.5, 0.6) is 0 Å². The van der Waals surface area contributed by atoms with Gasteiger partial charge in [0.05, 0.1) is 22.9 Å². The Balaban J connectivity index is 1.33. The number of carbonyl (C=O) groups is 2. The minimum absolute atomic E-state index is 0.0802. The van der Waals surface area contributed by atoms with Gasteiger partial charge in [-0.25, -0.2) is 4.98 Å². The van der Waals surface area contributed by atoms with E-state index < -0.39 is 0 Å². The number of benzene rings is 2. The van der Waals surface area contributed by atoms with Crippen LogP contribution in [0.1, 0.15) is 28.7 Å². The average Bonchev–Trinajstić information content (AvgIpc) is 3.52. The van der Waals surface area contributed by atoms with E-state index in [1.54, 1.807) is 11.0 Å². The highest BCUT2D eigenvalue weighted by molar-refractivity contribution is 6.07. The number of fused-ring (bicyclic) bond motifs is 2. The van der Waals surface area contributed by atoms with Gasteiger partial charge in [-0.3, -0.25) is 9.59 Å². The third-order valence-corrected chi connectivity index (χ3v) is 5.62. The number of carbonyl (C=O) groups excluding carboxylic acids is 2. The first-order chi connectivity index (χ1) is 15.1. The van der Waals surface area contributed by atoms with E-state index in [9.17, 15) is 9.59 Å². The lowest BCUT2D eigenvalue weighted by Gasteiger charge is -2.17. The van der Waals surface area contributed by atoms with Crippen molar-refractivity contribution < 1.29 is 14.0 Å². The summed E-state index contributed by atoms with van der Waals surface area (Å²) in [5.41, 5.74) is 5.02. The van der Waals surface area contributed by atoms with E-state index in [4.69, 9.17) is 4.42 Å². The monoisotopic (exact) mass is 414 g/mol. The molecule has 0 spiro atoms. The van der Waals surface area contributed by atoms with Gasteiger partial charge in [0.1, 0.15) is 18.6 Å². The standard InChI is InChI=1S/C24H22N4O3/c1-2-22-26-19-5-3-4-6-21(19)28(22)14-23(29)25-18-7-8-20-16(13-18)9-11-27(20)24(30)17-10-12-31-15-17/h3-8,10,12-13,15H,2,9,11,14H2,1H3,(H,25,29). The lowest BCUT2D eigenvalue weighted by atomic mass is 10.1. The highest BCUT2D eigenvalue weighted by Crippen LogP contribution is 2.31. The molecule has 0 aliphatic carbocycles. The fraction of sp³-hybridized carbons (Fsp3) is 0.208. The largest absolute Gasteiger partial charge is 0.472 e. The lowest BCUT2D eigenvalue weighted by molar-refractivity contribution is -0.116. The first-order valence-electron chi connectivity index (χ1n) is 10.3. The van der Waals surface area contributed by atoms with Crippen molar-refractivity contribution in [1.82, 2.24) is 9.55 Å². The van der Waals surface area contributed by atoms with Crippen LogP contribution >= 0.6 is 0 Å². The molecule has 0 saturated heterocycles. The molecule has 1 N–H and O–H groups in total. The van der Waals surface area contributed by atoms with Crippen LogP contribution < -0.4 is 10.2 Å². The number of para-hydroxylation sites is 2. The Morgan fingerprint density at radius 2 is 2.03 bits per heavy atom. The highest BCUT2D eigenvalue weighted by atomic mass is 16.3. The zero-order chi connectivity index (χ0) is 21.4. The number of nitrogens with one attached hydrogen (secondary N) is 1. The molecule has 2 amide bonds. The summed E-state index contributed by atoms with van der Waals surface area (Å²) in [6, 6.07) is 15.2. The van der Waals surface area contributed by atoms with E-state index in [0.717, 1.165) is 46.6 Å². The molecule has 1 aliphatic rings. The maximum atomic E-state index is 12.8. The molecule has 0 saturated carbocycles. The number of nitrogens with zero attached hydrogens (tertiary/aromatic N) is 3. The summed E-state index contributed by atoms with van der Waals surface area (Å²) in [5, 5.41) is 2.99. The van der Waals surface area contributed by atoms with Crippen LogP contribution in [0.2, 0.25) is 0 Å². The van der Waals surface area contributed by atoms with E-state index >= 15 is 0 Å². The molecule has 5 rings (SSSR count). The van der Waals surface area contributed by atoms with E-state index in [1.165, 1.54) is 12.5 Å². The molecule has 0 radical (unpaired) electrons. The van der Waals surface area contributed by atoms with Crippen molar-refractivity contribution in [2.75, 3.05) is 16.8 Å². The molecule has 1 aliphatic heterocycles. The van der Waals surface area contributed by atoms with E-state index in [2.05, 4.69) is 10.3 Å². The molecule has 0 atom stereocenters. The van der Waals surface area contributed by atoms with Crippen molar-refractivity contribution in [2.24, 2.45) is 0 Å². The normalized spacial score (nSPS) is 12.9. The number of furan rings is 1. The van der Waals surface area contributed by atoms with E-state index in [-0.39, 0.29) is 18.4 Å². The van der Waals surface area contributed by atoms with Crippen molar-refractivity contribution >= 4 is 34.2 Å². The molecule has 7 nitrogen and oxygen atoms in total. The molecule has 3 heterocycles. The van der Waals surface area contributed by atoms with Crippen molar-refractivity contribution in [3.05, 3.63) is 78.0 Å². The topological polar surface area (TPSA) is 80.4 Å². The fourth-order valence-electron chi connectivity index (χ4n) is 4.15. The molecule has 0 unspecified atom stereocenters. The van der Waals surface area contributed by atoms with Crippen LogP contribution in [-0.2, 0) is 24.2 Å². The molecule has 7 heteroatoms. The number of aryl methyl sites for hydroxylation is 1. The van der Waals surface area contributed by atoms with Crippen LogP contribution in [0.4, 0.5) is 11.4 Å². The minimum Gasteiger partial charge on any atom is -0.472 e. The van der Waals surface area contributed by atoms with Crippen LogP contribution in [0, 0.1) is 0 Å². The number of anilines is 2. The predicted octanol–water partition coefficient (Wildman–Crippen LogP) is 4.03. The molecule has 0 bridgehead atoms. The first kappa shape index (κ1) is 19.1. The van der Waals surface area contributed by atoms with Gasteiger partial charge in [-0.1, -0.05) is 19.1 Å². The molecule has 2 aromatic heterocycles. The van der Waals surface area contributed by atoms with Gasteiger partial charge in [0.15, 0.2) is 0 Å². The summed E-state index contributed by atoms with van der Waals surface area (Å²) < 4.78 is 6.99. The summed E-state index contributed by atoms with van der Waals surface area (Å²) in [5.74, 6) is 0.698. The molecule has 156 valence electrons. The molecule has 2 aromatic carbocycles. The van der Waals surface area contributed by atoms with Crippen LogP contribution in [0.3, 0.4) is 0 Å². The van der Waals surface area contributed by atoms with Crippen LogP contribution in [0.15, 0.2) is 65.5 Å². The number of hydrogen-bond donors (Lipinski definition) is 1. The highest BCUT2D eigenvalue weighted by Gasteiger charge is 2.26. The molecular formula is C24H22N4O3. The molecule has 0 fully saturated rings. The number of aromatic nitrogens is 2. The van der Waals surface area contributed by atoms with Gasteiger partial charge < -0.3 is 19.2 Å². The Labute approximate surface area is 179 Å². The summed E-state index contributed by atoms with van der Waals surface area (Å²) in [6.45, 7) is 2.84. The van der Waals surface area contributed by atoms with Gasteiger partial charge in [-0.2, -0.15) is 0 Å². The van der Waals surface area contributed by atoms with E-state index in [1.807, 2.05) is 54.0 Å². The summed E-state index contributed by atoms with van der Waals surface area (Å²) in [4.78, 5) is 31.8. The van der Waals surface area contributed by atoms with Crippen molar-refractivity contribution in [3.63, 3.8) is 0 Å². The third kappa shape index (κ3) is 3.48. The Bertz CT molecular complexity index is 1270. The SMILES string of the molecule is CCc1nc2ccccc2n1CC(=O)Nc1ccc2c(c1)CCN2C(=O)c1ccoc1. The predicted molar refractivity (Wildman–Crippen MR) is 118 cm³/mol. The first-order valence-corrected chi connectivity index (χ1v) is 10.3. The summed E-state index contributed by atoms with van der Waals surface area (Å²) in [7, 11) is 0.